The van der Waals surface area contributed by atoms with Gasteiger partial charge >= 0.3 is 0 Å². The predicted octanol–water partition coefficient (Wildman–Crippen LogP) is 4.96. The lowest BCUT2D eigenvalue weighted by molar-refractivity contribution is 0.411. The molecule has 0 saturated heterocycles. The summed E-state index contributed by atoms with van der Waals surface area (Å²) in [5.41, 5.74) is 3.86. The van der Waals surface area contributed by atoms with Crippen molar-refractivity contribution in [3.05, 3.63) is 63.6 Å². The average molecular weight is 387 g/mol. The summed E-state index contributed by atoms with van der Waals surface area (Å²) in [6.07, 6.45) is 0. The van der Waals surface area contributed by atoms with E-state index in [1.165, 1.54) is 0 Å². The van der Waals surface area contributed by atoms with Gasteiger partial charge in [-0.05, 0) is 36.8 Å². The fourth-order valence-electron chi connectivity index (χ4n) is 3.25. The molecule has 0 amide bonds. The molecule has 1 aromatic heterocycles. The topological polar surface area (TPSA) is 65.1 Å². The number of benzene rings is 2. The molecule has 0 spiro atoms. The second-order valence-electron chi connectivity index (χ2n) is 6.32. The highest BCUT2D eigenvalue weighted by Crippen LogP contribution is 2.38. The van der Waals surface area contributed by atoms with Gasteiger partial charge in [-0.15, -0.1) is 0 Å². The first-order chi connectivity index (χ1) is 12.4. The quantitative estimate of drug-likeness (QED) is 0.654. The van der Waals surface area contributed by atoms with Crippen LogP contribution in [0, 0.1) is 12.3 Å². The number of nitrogens with zero attached hydrogens (tertiary/aromatic N) is 3. The number of aliphatic hydroxyl groups excluding tert-OH is 1. The third kappa shape index (κ3) is 2.47. The summed E-state index contributed by atoms with van der Waals surface area (Å²) in [4.78, 5) is 6.27. The first kappa shape index (κ1) is 16.9. The number of aliphatic hydroxyl groups is 1. The Morgan fingerprint density at radius 2 is 1.96 bits per heavy atom. The number of nitrogens with one attached hydrogen (secondary N) is 1. The molecule has 1 aliphatic heterocycles. The van der Waals surface area contributed by atoms with Crippen LogP contribution in [0.5, 0.6) is 0 Å². The molecule has 0 fully saturated rings. The van der Waals surface area contributed by atoms with E-state index in [1.54, 1.807) is 23.1 Å². The molecule has 7 heteroatoms. The van der Waals surface area contributed by atoms with E-state index in [1.807, 2.05) is 36.7 Å². The largest absolute Gasteiger partial charge is 0.509 e. The van der Waals surface area contributed by atoms with Crippen molar-refractivity contribution in [2.75, 3.05) is 11.4 Å². The maximum absolute atomic E-state index is 10.6. The number of amidine groups is 1. The smallest absolute Gasteiger partial charge is 0.148 e. The Morgan fingerprint density at radius 1 is 1.19 bits per heavy atom. The minimum absolute atomic E-state index is 0.0844. The van der Waals surface area contributed by atoms with Crippen LogP contribution >= 0.6 is 23.2 Å². The van der Waals surface area contributed by atoms with Gasteiger partial charge in [0, 0.05) is 7.05 Å². The second-order valence-corrected chi connectivity index (χ2v) is 7.10. The van der Waals surface area contributed by atoms with E-state index in [4.69, 9.17) is 28.6 Å². The number of rotatable bonds is 2. The minimum Gasteiger partial charge on any atom is -0.509 e. The highest BCUT2D eigenvalue weighted by Gasteiger charge is 2.33. The summed E-state index contributed by atoms with van der Waals surface area (Å²) in [6, 6.07) is 11.2. The third-order valence-electron chi connectivity index (χ3n) is 4.59. The molecule has 2 heterocycles. The summed E-state index contributed by atoms with van der Waals surface area (Å²) >= 11 is 12.4. The SMILES string of the molecule is Cc1ccc2c(c1)nc(C1=C(O)CN(c3cccc(Cl)c3Cl)C1=N)n2C. The molecule has 0 bridgehead atoms. The number of imidazole rings is 1. The maximum atomic E-state index is 10.6. The van der Waals surface area contributed by atoms with Gasteiger partial charge in [-0.25, -0.2) is 4.98 Å². The van der Waals surface area contributed by atoms with Gasteiger partial charge in [0.05, 0.1) is 38.9 Å². The van der Waals surface area contributed by atoms with Gasteiger partial charge in [-0.1, -0.05) is 35.3 Å². The monoisotopic (exact) mass is 386 g/mol. The van der Waals surface area contributed by atoms with Crippen LogP contribution in [0.1, 0.15) is 11.4 Å². The molecule has 3 aromatic rings. The van der Waals surface area contributed by atoms with Gasteiger partial charge in [0.15, 0.2) is 0 Å². The summed E-state index contributed by atoms with van der Waals surface area (Å²) in [5.74, 6) is 0.775. The Morgan fingerprint density at radius 3 is 2.73 bits per heavy atom. The summed E-state index contributed by atoms with van der Waals surface area (Å²) in [7, 11) is 1.88. The van der Waals surface area contributed by atoms with Crippen molar-refractivity contribution < 1.29 is 5.11 Å². The zero-order chi connectivity index (χ0) is 18.6. The van der Waals surface area contributed by atoms with Crippen LogP contribution in [0.15, 0.2) is 42.2 Å². The van der Waals surface area contributed by atoms with Crippen molar-refractivity contribution in [2.24, 2.45) is 7.05 Å². The minimum atomic E-state index is 0.0844. The highest BCUT2D eigenvalue weighted by atomic mass is 35.5. The molecule has 5 nitrogen and oxygen atoms in total. The second kappa shape index (κ2) is 6.04. The molecule has 26 heavy (non-hydrogen) atoms. The lowest BCUT2D eigenvalue weighted by Gasteiger charge is -2.20. The van der Waals surface area contributed by atoms with E-state index in [0.717, 1.165) is 16.6 Å². The van der Waals surface area contributed by atoms with Crippen molar-refractivity contribution in [1.82, 2.24) is 9.55 Å². The van der Waals surface area contributed by atoms with Gasteiger partial charge in [0.1, 0.15) is 17.4 Å². The number of hydrogen-bond acceptors (Lipinski definition) is 3. The first-order valence-corrected chi connectivity index (χ1v) is 8.80. The van der Waals surface area contributed by atoms with Crippen LogP contribution in [0.4, 0.5) is 5.69 Å². The summed E-state index contributed by atoms with van der Waals surface area (Å²) in [6.45, 7) is 2.15. The molecule has 1 aliphatic rings. The van der Waals surface area contributed by atoms with E-state index in [2.05, 4.69) is 4.98 Å². The zero-order valence-corrected chi connectivity index (χ0v) is 15.7. The number of fused-ring (bicyclic) bond motifs is 1. The number of hydrogen-bond donors (Lipinski definition) is 2. The molecule has 0 unspecified atom stereocenters. The molecule has 0 atom stereocenters. The van der Waals surface area contributed by atoms with E-state index in [-0.39, 0.29) is 18.1 Å². The van der Waals surface area contributed by atoms with Gasteiger partial charge in [0.2, 0.25) is 0 Å². The zero-order valence-electron chi connectivity index (χ0n) is 14.2. The molecule has 0 aliphatic carbocycles. The molecule has 0 saturated carbocycles. The lowest BCUT2D eigenvalue weighted by atomic mass is 10.2. The van der Waals surface area contributed by atoms with E-state index in [0.29, 0.717) is 27.1 Å². The standard InChI is InChI=1S/C19H16Cl2N4O/c1-10-6-7-13-12(8-10)23-19(24(13)2)16-15(26)9-25(18(16)22)14-5-3-4-11(20)17(14)21/h3-8,22,26H,9H2,1-2H3. The van der Waals surface area contributed by atoms with Crippen LogP contribution in [0.2, 0.25) is 10.0 Å². The van der Waals surface area contributed by atoms with Crippen LogP contribution < -0.4 is 4.90 Å². The van der Waals surface area contributed by atoms with Crippen LogP contribution in [-0.2, 0) is 7.05 Å². The van der Waals surface area contributed by atoms with E-state index in [9.17, 15) is 5.11 Å². The number of aryl methyl sites for hydroxylation is 2. The van der Waals surface area contributed by atoms with Gasteiger partial charge in [-0.2, -0.15) is 0 Å². The Hall–Kier alpha value is -2.50. The fraction of sp³-hybridized carbons (Fsp3) is 0.158. The summed E-state index contributed by atoms with van der Waals surface area (Å²) < 4.78 is 1.89. The molecular weight excluding hydrogens is 371 g/mol. The Labute approximate surface area is 160 Å². The van der Waals surface area contributed by atoms with Crippen molar-refractivity contribution >= 4 is 51.3 Å². The number of anilines is 1. The van der Waals surface area contributed by atoms with E-state index >= 15 is 0 Å². The molecule has 132 valence electrons. The van der Waals surface area contributed by atoms with Crippen molar-refractivity contribution in [1.29, 1.82) is 5.41 Å². The molecule has 2 aromatic carbocycles. The van der Waals surface area contributed by atoms with Crippen molar-refractivity contribution in [3.63, 3.8) is 0 Å². The number of halogens is 2. The molecule has 2 N–H and O–H groups in total. The van der Waals surface area contributed by atoms with E-state index < -0.39 is 0 Å². The Bertz CT molecular complexity index is 1100. The van der Waals surface area contributed by atoms with Gasteiger partial charge in [0.25, 0.3) is 0 Å². The molecule has 0 radical (unpaired) electrons. The van der Waals surface area contributed by atoms with Crippen LogP contribution in [0.25, 0.3) is 16.6 Å². The first-order valence-electron chi connectivity index (χ1n) is 8.04. The fourth-order valence-corrected chi connectivity index (χ4v) is 3.65. The van der Waals surface area contributed by atoms with Crippen LogP contribution in [-0.4, -0.2) is 27.0 Å². The Kier molecular flexibility index (Phi) is 3.93. The summed E-state index contributed by atoms with van der Waals surface area (Å²) in [5, 5.41) is 19.9. The predicted molar refractivity (Wildman–Crippen MR) is 107 cm³/mol. The third-order valence-corrected chi connectivity index (χ3v) is 5.39. The van der Waals surface area contributed by atoms with Crippen molar-refractivity contribution in [2.45, 2.75) is 6.92 Å². The Balaban J connectivity index is 1.81. The van der Waals surface area contributed by atoms with Crippen molar-refractivity contribution in [3.8, 4) is 0 Å². The number of aromatic nitrogens is 2. The molecule has 4 rings (SSSR count). The van der Waals surface area contributed by atoms with Crippen LogP contribution in [0.3, 0.4) is 0 Å². The maximum Gasteiger partial charge on any atom is 0.148 e. The van der Waals surface area contributed by atoms with Gasteiger partial charge in [-0.3, -0.25) is 5.41 Å². The lowest BCUT2D eigenvalue weighted by Crippen LogP contribution is -2.26. The molecular formula is C19H16Cl2N4O. The average Bonchev–Trinajstić information content (AvgIpc) is 3.06. The van der Waals surface area contributed by atoms with Gasteiger partial charge < -0.3 is 14.6 Å². The normalized spacial score (nSPS) is 14.8. The highest BCUT2D eigenvalue weighted by molar-refractivity contribution is 6.44.